The van der Waals surface area contributed by atoms with Crippen LogP contribution in [-0.2, 0) is 4.74 Å². The van der Waals surface area contributed by atoms with Crippen LogP contribution in [0, 0.1) is 5.92 Å². The van der Waals surface area contributed by atoms with Crippen LogP contribution in [0.15, 0.2) is 0 Å². The molecule has 2 aliphatic rings. The second-order valence-corrected chi connectivity index (χ2v) is 6.43. The minimum absolute atomic E-state index is 0.587. The van der Waals surface area contributed by atoms with Crippen molar-refractivity contribution >= 4 is 0 Å². The van der Waals surface area contributed by atoms with Crippen LogP contribution in [0.3, 0.4) is 0 Å². The number of ether oxygens (including phenoxy) is 1. The van der Waals surface area contributed by atoms with Crippen molar-refractivity contribution in [3.05, 3.63) is 0 Å². The first-order valence-corrected chi connectivity index (χ1v) is 8.48. The highest BCUT2D eigenvalue weighted by Crippen LogP contribution is 2.20. The molecule has 3 unspecified atom stereocenters. The van der Waals surface area contributed by atoms with Crippen molar-refractivity contribution < 1.29 is 4.74 Å². The minimum atomic E-state index is 0.587. The zero-order chi connectivity index (χ0) is 14.4. The van der Waals surface area contributed by atoms with Gasteiger partial charge in [-0.15, -0.1) is 0 Å². The van der Waals surface area contributed by atoms with Crippen molar-refractivity contribution in [2.75, 3.05) is 53.0 Å². The van der Waals surface area contributed by atoms with Gasteiger partial charge in [-0.1, -0.05) is 13.8 Å². The van der Waals surface area contributed by atoms with Crippen LogP contribution in [0.2, 0.25) is 0 Å². The van der Waals surface area contributed by atoms with Crippen LogP contribution in [-0.4, -0.2) is 74.9 Å². The fraction of sp³-hybridized carbons (Fsp3) is 1.00. The van der Waals surface area contributed by atoms with Crippen LogP contribution < -0.4 is 5.32 Å². The Morgan fingerprint density at radius 1 is 1.35 bits per heavy atom. The summed E-state index contributed by atoms with van der Waals surface area (Å²) in [5.74, 6) is 0.697. The summed E-state index contributed by atoms with van der Waals surface area (Å²) in [6.45, 7) is 12.3. The fourth-order valence-corrected chi connectivity index (χ4v) is 3.80. The average molecular weight is 283 g/mol. The van der Waals surface area contributed by atoms with Crippen LogP contribution >= 0.6 is 0 Å². The number of rotatable bonds is 8. The molecule has 0 aromatic heterocycles. The van der Waals surface area contributed by atoms with Gasteiger partial charge in [0.15, 0.2) is 0 Å². The third-order valence-electron chi connectivity index (χ3n) is 4.94. The van der Waals surface area contributed by atoms with Gasteiger partial charge in [0, 0.05) is 37.7 Å². The highest BCUT2D eigenvalue weighted by atomic mass is 16.5. The number of nitrogens with zero attached hydrogens (tertiary/aromatic N) is 2. The van der Waals surface area contributed by atoms with Gasteiger partial charge in [0.05, 0.1) is 6.61 Å². The van der Waals surface area contributed by atoms with Gasteiger partial charge in [0.25, 0.3) is 0 Å². The topological polar surface area (TPSA) is 27.7 Å². The molecule has 2 aliphatic heterocycles. The molecule has 0 aromatic rings. The number of likely N-dealkylation sites (tertiary alicyclic amines) is 1. The van der Waals surface area contributed by atoms with Gasteiger partial charge in [-0.2, -0.15) is 0 Å². The van der Waals surface area contributed by atoms with Gasteiger partial charge in [-0.25, -0.2) is 0 Å². The van der Waals surface area contributed by atoms with Crippen molar-refractivity contribution in [2.24, 2.45) is 5.92 Å². The Morgan fingerprint density at radius 3 is 2.85 bits per heavy atom. The summed E-state index contributed by atoms with van der Waals surface area (Å²) in [5.41, 5.74) is 0. The monoisotopic (exact) mass is 283 g/mol. The Bertz CT molecular complexity index is 268. The molecule has 0 amide bonds. The molecule has 2 heterocycles. The lowest BCUT2D eigenvalue weighted by Crippen LogP contribution is -2.47. The molecule has 20 heavy (non-hydrogen) atoms. The Morgan fingerprint density at radius 2 is 2.20 bits per heavy atom. The van der Waals surface area contributed by atoms with Gasteiger partial charge in [0.1, 0.15) is 0 Å². The van der Waals surface area contributed by atoms with E-state index < -0.39 is 0 Å². The molecule has 0 spiro atoms. The zero-order valence-corrected chi connectivity index (χ0v) is 13.6. The average Bonchev–Trinajstić information content (AvgIpc) is 3.09. The van der Waals surface area contributed by atoms with Gasteiger partial charge in [-0.05, 0) is 45.9 Å². The molecular formula is C16H33N3O. The molecule has 2 saturated heterocycles. The predicted octanol–water partition coefficient (Wildman–Crippen LogP) is 1.42. The van der Waals surface area contributed by atoms with E-state index in [4.69, 9.17) is 4.74 Å². The molecule has 4 heteroatoms. The second-order valence-electron chi connectivity index (χ2n) is 6.43. The van der Waals surface area contributed by atoms with Gasteiger partial charge in [0.2, 0.25) is 0 Å². The third kappa shape index (κ3) is 4.42. The summed E-state index contributed by atoms with van der Waals surface area (Å²) in [5, 5.41) is 3.67. The third-order valence-corrected chi connectivity index (χ3v) is 4.94. The summed E-state index contributed by atoms with van der Waals surface area (Å²) >= 11 is 0. The Hall–Kier alpha value is -0.160. The van der Waals surface area contributed by atoms with Crippen molar-refractivity contribution in [1.29, 1.82) is 0 Å². The van der Waals surface area contributed by atoms with Crippen LogP contribution in [0.5, 0.6) is 0 Å². The molecule has 4 nitrogen and oxygen atoms in total. The highest BCUT2D eigenvalue weighted by Gasteiger charge is 2.28. The van der Waals surface area contributed by atoms with E-state index in [1.807, 2.05) is 0 Å². The maximum absolute atomic E-state index is 5.57. The van der Waals surface area contributed by atoms with E-state index in [0.717, 1.165) is 32.3 Å². The molecule has 2 rings (SSSR count). The maximum Gasteiger partial charge on any atom is 0.0510 e. The first-order chi connectivity index (χ1) is 9.74. The Labute approximate surface area is 124 Å². The van der Waals surface area contributed by atoms with Gasteiger partial charge in [-0.3, -0.25) is 4.90 Å². The SMILES string of the molecule is CCNC(CN(C)CC1CCCN1CC)C1CCOC1. The van der Waals surface area contributed by atoms with E-state index in [1.165, 1.54) is 38.9 Å². The Kier molecular flexibility index (Phi) is 6.75. The summed E-state index contributed by atoms with van der Waals surface area (Å²) < 4.78 is 5.57. The van der Waals surface area contributed by atoms with Crippen molar-refractivity contribution in [3.8, 4) is 0 Å². The minimum Gasteiger partial charge on any atom is -0.381 e. The van der Waals surface area contributed by atoms with E-state index in [9.17, 15) is 0 Å². The van der Waals surface area contributed by atoms with E-state index in [-0.39, 0.29) is 0 Å². The lowest BCUT2D eigenvalue weighted by Gasteiger charge is -2.32. The normalized spacial score (nSPS) is 29.4. The lowest BCUT2D eigenvalue weighted by atomic mass is 9.98. The highest BCUT2D eigenvalue weighted by molar-refractivity contribution is 4.85. The van der Waals surface area contributed by atoms with Gasteiger partial charge < -0.3 is 15.0 Å². The van der Waals surface area contributed by atoms with Crippen molar-refractivity contribution in [3.63, 3.8) is 0 Å². The van der Waals surface area contributed by atoms with Crippen LogP contribution in [0.1, 0.15) is 33.1 Å². The summed E-state index contributed by atoms with van der Waals surface area (Å²) in [7, 11) is 2.28. The standard InChI is InChI=1S/C16H33N3O/c1-4-17-16(14-8-10-20-13-14)12-18(3)11-15-7-6-9-19(15)5-2/h14-17H,4-13H2,1-3H3. The van der Waals surface area contributed by atoms with Gasteiger partial charge >= 0.3 is 0 Å². The van der Waals surface area contributed by atoms with E-state index >= 15 is 0 Å². The van der Waals surface area contributed by atoms with Crippen molar-refractivity contribution in [1.82, 2.24) is 15.1 Å². The molecule has 1 N–H and O–H groups in total. The molecule has 3 atom stereocenters. The van der Waals surface area contributed by atoms with Crippen LogP contribution in [0.25, 0.3) is 0 Å². The zero-order valence-electron chi connectivity index (χ0n) is 13.6. The molecule has 0 saturated carbocycles. The fourth-order valence-electron chi connectivity index (χ4n) is 3.80. The van der Waals surface area contributed by atoms with E-state index in [1.54, 1.807) is 0 Å². The predicted molar refractivity (Wildman–Crippen MR) is 84.2 cm³/mol. The van der Waals surface area contributed by atoms with Crippen LogP contribution in [0.4, 0.5) is 0 Å². The second kappa shape index (κ2) is 8.32. The summed E-state index contributed by atoms with van der Waals surface area (Å²) in [4.78, 5) is 5.17. The molecular weight excluding hydrogens is 250 g/mol. The summed E-state index contributed by atoms with van der Waals surface area (Å²) in [6.07, 6.45) is 3.96. The largest absolute Gasteiger partial charge is 0.381 e. The van der Waals surface area contributed by atoms with E-state index in [2.05, 4.69) is 36.0 Å². The maximum atomic E-state index is 5.57. The molecule has 2 fully saturated rings. The lowest BCUT2D eigenvalue weighted by molar-refractivity contribution is 0.154. The number of hydrogen-bond donors (Lipinski definition) is 1. The number of likely N-dealkylation sites (N-methyl/N-ethyl adjacent to an activating group) is 3. The molecule has 118 valence electrons. The quantitative estimate of drug-likeness (QED) is 0.729. The first-order valence-electron chi connectivity index (χ1n) is 8.48. The smallest absolute Gasteiger partial charge is 0.0510 e. The number of nitrogens with one attached hydrogen (secondary N) is 1. The molecule has 0 aromatic carbocycles. The van der Waals surface area contributed by atoms with E-state index in [0.29, 0.717) is 12.0 Å². The van der Waals surface area contributed by atoms with Crippen molar-refractivity contribution in [2.45, 2.75) is 45.2 Å². The molecule has 0 aliphatic carbocycles. The number of hydrogen-bond acceptors (Lipinski definition) is 4. The Balaban J connectivity index is 1.79. The molecule has 0 radical (unpaired) electrons. The summed E-state index contributed by atoms with van der Waals surface area (Å²) in [6, 6.07) is 1.36. The first kappa shape index (κ1) is 16.2. The molecule has 0 bridgehead atoms.